The van der Waals surface area contributed by atoms with Crippen molar-refractivity contribution in [3.63, 3.8) is 0 Å². The highest BCUT2D eigenvalue weighted by atomic mass is 79.9. The van der Waals surface area contributed by atoms with E-state index in [1.54, 1.807) is 12.1 Å². The maximum atomic E-state index is 13.2. The zero-order valence-corrected chi connectivity index (χ0v) is 13.1. The molecule has 1 N–H and O–H groups in total. The van der Waals surface area contributed by atoms with E-state index < -0.39 is 0 Å². The highest BCUT2D eigenvalue weighted by Gasteiger charge is 2.07. The van der Waals surface area contributed by atoms with Crippen LogP contribution in [0.1, 0.15) is 25.5 Å². The van der Waals surface area contributed by atoms with Gasteiger partial charge in [-0.1, -0.05) is 12.1 Å². The fourth-order valence-electron chi connectivity index (χ4n) is 1.94. The van der Waals surface area contributed by atoms with Gasteiger partial charge in [-0.25, -0.2) is 4.39 Å². The Labute approximate surface area is 127 Å². The number of hydrogen-bond acceptors (Lipinski definition) is 2. The van der Waals surface area contributed by atoms with Gasteiger partial charge in [0.05, 0.1) is 11.1 Å². The van der Waals surface area contributed by atoms with Gasteiger partial charge < -0.3 is 10.1 Å². The highest BCUT2D eigenvalue weighted by molar-refractivity contribution is 9.10. The van der Waals surface area contributed by atoms with Crippen LogP contribution < -0.4 is 10.1 Å². The Hall–Kier alpha value is -1.55. The van der Waals surface area contributed by atoms with Crippen LogP contribution in [0.3, 0.4) is 0 Å². The summed E-state index contributed by atoms with van der Waals surface area (Å²) < 4.78 is 19.1. The summed E-state index contributed by atoms with van der Waals surface area (Å²) in [5.41, 5.74) is 2.02. The maximum absolute atomic E-state index is 13.2. The summed E-state index contributed by atoms with van der Waals surface area (Å²) in [6.07, 6.45) is 0. The van der Waals surface area contributed by atoms with E-state index in [0.29, 0.717) is 11.1 Å². The number of hydrogen-bond donors (Lipinski definition) is 1. The number of anilines is 1. The van der Waals surface area contributed by atoms with E-state index in [4.69, 9.17) is 4.74 Å². The van der Waals surface area contributed by atoms with Crippen molar-refractivity contribution in [1.82, 2.24) is 0 Å². The minimum atomic E-state index is -0.260. The van der Waals surface area contributed by atoms with Gasteiger partial charge in [-0.15, -0.1) is 0 Å². The second-order valence-corrected chi connectivity index (χ2v) is 5.35. The molecule has 0 spiro atoms. The summed E-state index contributed by atoms with van der Waals surface area (Å²) in [5, 5.41) is 3.34. The SMILES string of the molecule is CCOc1ccc(C(C)Nc2ccc(F)c(Br)c2)cc1. The van der Waals surface area contributed by atoms with Crippen LogP contribution in [0, 0.1) is 5.82 Å². The normalized spacial score (nSPS) is 12.0. The molecule has 0 aliphatic heterocycles. The first-order valence-electron chi connectivity index (χ1n) is 6.54. The Kier molecular flexibility index (Phi) is 5.01. The Morgan fingerprint density at radius 3 is 2.50 bits per heavy atom. The average molecular weight is 338 g/mol. The fraction of sp³-hybridized carbons (Fsp3) is 0.250. The zero-order chi connectivity index (χ0) is 14.5. The zero-order valence-electron chi connectivity index (χ0n) is 11.5. The van der Waals surface area contributed by atoms with E-state index in [1.807, 2.05) is 31.2 Å². The predicted octanol–water partition coefficient (Wildman–Crippen LogP) is 5.16. The standard InChI is InChI=1S/C16H17BrFNO/c1-3-20-14-7-4-12(5-8-14)11(2)19-13-6-9-16(18)15(17)10-13/h4-11,19H,3H2,1-2H3. The number of halogens is 2. The predicted molar refractivity (Wildman–Crippen MR) is 83.7 cm³/mol. The second-order valence-electron chi connectivity index (χ2n) is 4.50. The Balaban J connectivity index is 2.06. The van der Waals surface area contributed by atoms with Crippen molar-refractivity contribution in [2.75, 3.05) is 11.9 Å². The van der Waals surface area contributed by atoms with Gasteiger partial charge in [0.25, 0.3) is 0 Å². The van der Waals surface area contributed by atoms with E-state index in [0.717, 1.165) is 17.0 Å². The van der Waals surface area contributed by atoms with E-state index >= 15 is 0 Å². The number of ether oxygens (including phenoxy) is 1. The molecule has 0 aromatic heterocycles. The molecule has 106 valence electrons. The lowest BCUT2D eigenvalue weighted by molar-refractivity contribution is 0.340. The minimum Gasteiger partial charge on any atom is -0.494 e. The molecular weight excluding hydrogens is 321 g/mol. The van der Waals surface area contributed by atoms with Gasteiger partial charge in [-0.05, 0) is 65.7 Å². The summed E-state index contributed by atoms with van der Waals surface area (Å²) in [5.74, 6) is 0.609. The van der Waals surface area contributed by atoms with E-state index in [-0.39, 0.29) is 11.9 Å². The average Bonchev–Trinajstić information content (AvgIpc) is 2.44. The van der Waals surface area contributed by atoms with Gasteiger partial charge >= 0.3 is 0 Å². The van der Waals surface area contributed by atoms with Crippen LogP contribution in [0.2, 0.25) is 0 Å². The molecule has 2 rings (SSSR count). The molecule has 0 saturated heterocycles. The molecule has 0 radical (unpaired) electrons. The van der Waals surface area contributed by atoms with Crippen LogP contribution in [-0.2, 0) is 0 Å². The van der Waals surface area contributed by atoms with Crippen LogP contribution in [-0.4, -0.2) is 6.61 Å². The third-order valence-electron chi connectivity index (χ3n) is 2.99. The van der Waals surface area contributed by atoms with Gasteiger partial charge in [0.1, 0.15) is 11.6 Å². The van der Waals surface area contributed by atoms with Crippen LogP contribution in [0.4, 0.5) is 10.1 Å². The van der Waals surface area contributed by atoms with E-state index in [1.165, 1.54) is 6.07 Å². The first kappa shape index (κ1) is 14.9. The Morgan fingerprint density at radius 2 is 1.90 bits per heavy atom. The van der Waals surface area contributed by atoms with Crippen LogP contribution in [0.25, 0.3) is 0 Å². The molecule has 1 unspecified atom stereocenters. The quantitative estimate of drug-likeness (QED) is 0.813. The lowest BCUT2D eigenvalue weighted by Gasteiger charge is -2.16. The van der Waals surface area contributed by atoms with E-state index in [9.17, 15) is 4.39 Å². The summed E-state index contributed by atoms with van der Waals surface area (Å²) in [7, 11) is 0. The molecule has 1 atom stereocenters. The summed E-state index contributed by atoms with van der Waals surface area (Å²) >= 11 is 3.19. The Bertz CT molecular complexity index is 571. The van der Waals surface area contributed by atoms with Crippen molar-refractivity contribution in [1.29, 1.82) is 0 Å². The molecule has 0 aliphatic carbocycles. The molecule has 2 nitrogen and oxygen atoms in total. The third kappa shape index (κ3) is 3.73. The first-order valence-corrected chi connectivity index (χ1v) is 7.33. The lowest BCUT2D eigenvalue weighted by atomic mass is 10.1. The molecule has 0 bridgehead atoms. The maximum Gasteiger partial charge on any atom is 0.137 e. The summed E-state index contributed by atoms with van der Waals surface area (Å²) in [4.78, 5) is 0. The van der Waals surface area contributed by atoms with Crippen molar-refractivity contribution in [3.05, 3.63) is 58.3 Å². The smallest absolute Gasteiger partial charge is 0.137 e. The monoisotopic (exact) mass is 337 g/mol. The van der Waals surface area contributed by atoms with Crippen molar-refractivity contribution >= 4 is 21.6 Å². The van der Waals surface area contributed by atoms with Gasteiger partial charge in [0.15, 0.2) is 0 Å². The number of rotatable bonds is 5. The molecule has 0 fully saturated rings. The van der Waals surface area contributed by atoms with Crippen LogP contribution >= 0.6 is 15.9 Å². The topological polar surface area (TPSA) is 21.3 Å². The molecule has 20 heavy (non-hydrogen) atoms. The molecule has 0 saturated carbocycles. The summed E-state index contributed by atoms with van der Waals surface area (Å²) in [6.45, 7) is 4.69. The molecular formula is C16H17BrFNO. The lowest BCUT2D eigenvalue weighted by Crippen LogP contribution is -2.06. The molecule has 2 aromatic carbocycles. The van der Waals surface area contributed by atoms with Crippen molar-refractivity contribution in [2.24, 2.45) is 0 Å². The highest BCUT2D eigenvalue weighted by Crippen LogP contribution is 2.25. The molecule has 4 heteroatoms. The largest absolute Gasteiger partial charge is 0.494 e. The third-order valence-corrected chi connectivity index (χ3v) is 3.60. The Morgan fingerprint density at radius 1 is 1.20 bits per heavy atom. The van der Waals surface area contributed by atoms with E-state index in [2.05, 4.69) is 28.2 Å². The van der Waals surface area contributed by atoms with Crippen molar-refractivity contribution in [3.8, 4) is 5.75 Å². The fourth-order valence-corrected chi connectivity index (χ4v) is 2.32. The first-order chi connectivity index (χ1) is 9.60. The minimum absolute atomic E-state index is 0.128. The van der Waals surface area contributed by atoms with Gasteiger partial charge in [0.2, 0.25) is 0 Å². The van der Waals surface area contributed by atoms with Crippen molar-refractivity contribution in [2.45, 2.75) is 19.9 Å². The van der Waals surface area contributed by atoms with Gasteiger partial charge in [-0.3, -0.25) is 0 Å². The van der Waals surface area contributed by atoms with Crippen LogP contribution in [0.15, 0.2) is 46.9 Å². The second kappa shape index (κ2) is 6.75. The number of benzene rings is 2. The molecule has 0 heterocycles. The van der Waals surface area contributed by atoms with Crippen molar-refractivity contribution < 1.29 is 9.13 Å². The van der Waals surface area contributed by atoms with Gasteiger partial charge in [-0.2, -0.15) is 0 Å². The molecule has 0 aliphatic rings. The molecule has 0 amide bonds. The molecule has 2 aromatic rings. The number of nitrogens with one attached hydrogen (secondary N) is 1. The van der Waals surface area contributed by atoms with Crippen LogP contribution in [0.5, 0.6) is 5.75 Å². The summed E-state index contributed by atoms with van der Waals surface area (Å²) in [6, 6.07) is 13.0. The van der Waals surface area contributed by atoms with Gasteiger partial charge in [0, 0.05) is 11.7 Å².